The van der Waals surface area contributed by atoms with Crippen LogP contribution >= 0.6 is 0 Å². The van der Waals surface area contributed by atoms with E-state index in [0.717, 1.165) is 41.9 Å². The van der Waals surface area contributed by atoms with Gasteiger partial charge in [0.2, 0.25) is 0 Å². The molecule has 0 aliphatic carbocycles. The molecule has 2 aromatic heterocycles. The van der Waals surface area contributed by atoms with Crippen molar-refractivity contribution in [2.75, 3.05) is 0 Å². The Balaban J connectivity index is 2.58. The molecule has 5 heteroatoms. The fraction of sp³-hybridized carbons (Fsp3) is 0.462. The van der Waals surface area contributed by atoms with Gasteiger partial charge in [-0.25, -0.2) is 0 Å². The highest BCUT2D eigenvalue weighted by Gasteiger charge is 2.18. The molecule has 2 aromatic rings. The monoisotopic (exact) mass is 246 g/mol. The highest BCUT2D eigenvalue weighted by molar-refractivity contribution is 5.86. The van der Waals surface area contributed by atoms with Crippen LogP contribution in [-0.4, -0.2) is 25.8 Å². The molecule has 0 saturated carbocycles. The van der Waals surface area contributed by atoms with Crippen LogP contribution in [0.2, 0.25) is 0 Å². The molecule has 0 radical (unpaired) electrons. The van der Waals surface area contributed by atoms with E-state index < -0.39 is 0 Å². The van der Waals surface area contributed by atoms with Gasteiger partial charge in [0.25, 0.3) is 0 Å². The molecule has 0 bridgehead atoms. The quantitative estimate of drug-likeness (QED) is 0.776. The summed E-state index contributed by atoms with van der Waals surface area (Å²) in [7, 11) is 1.90. The zero-order chi connectivity index (χ0) is 13.3. The molecule has 0 amide bonds. The third kappa shape index (κ3) is 1.96. The van der Waals surface area contributed by atoms with Gasteiger partial charge >= 0.3 is 0 Å². The van der Waals surface area contributed by atoms with Gasteiger partial charge in [0.1, 0.15) is 5.69 Å². The number of hydrogen-bond donors (Lipinski definition) is 0. The predicted molar refractivity (Wildman–Crippen MR) is 69.6 cm³/mol. The van der Waals surface area contributed by atoms with Crippen molar-refractivity contribution in [1.29, 1.82) is 0 Å². The van der Waals surface area contributed by atoms with E-state index in [0.29, 0.717) is 5.56 Å². The van der Waals surface area contributed by atoms with Crippen LogP contribution in [0.4, 0.5) is 0 Å². The first-order chi connectivity index (χ1) is 8.58. The predicted octanol–water partition coefficient (Wildman–Crippen LogP) is 2.12. The van der Waals surface area contributed by atoms with E-state index in [-0.39, 0.29) is 0 Å². The minimum atomic E-state index is 0.627. The smallest absolute Gasteiger partial charge is 0.153 e. The maximum Gasteiger partial charge on any atom is 0.153 e. The SMILES string of the molecule is CCCn1cc(C=O)c(-c2c(C)nn(C)c2C)n1. The van der Waals surface area contributed by atoms with Gasteiger partial charge in [0, 0.05) is 31.0 Å². The van der Waals surface area contributed by atoms with E-state index >= 15 is 0 Å². The van der Waals surface area contributed by atoms with E-state index in [4.69, 9.17) is 0 Å². The lowest BCUT2D eigenvalue weighted by Gasteiger charge is -1.99. The molecule has 96 valence electrons. The maximum atomic E-state index is 11.2. The minimum Gasteiger partial charge on any atom is -0.298 e. The van der Waals surface area contributed by atoms with Crippen LogP contribution in [0.15, 0.2) is 6.20 Å². The Morgan fingerprint density at radius 3 is 2.56 bits per heavy atom. The van der Waals surface area contributed by atoms with Crippen LogP contribution in [0.1, 0.15) is 35.1 Å². The van der Waals surface area contributed by atoms with Crippen molar-refractivity contribution in [1.82, 2.24) is 19.6 Å². The molecular weight excluding hydrogens is 228 g/mol. The number of carbonyl (C=O) groups excluding carboxylic acids is 1. The van der Waals surface area contributed by atoms with E-state index in [2.05, 4.69) is 17.1 Å². The van der Waals surface area contributed by atoms with Crippen molar-refractivity contribution in [3.05, 3.63) is 23.1 Å². The molecule has 0 aliphatic heterocycles. The highest BCUT2D eigenvalue weighted by atomic mass is 16.1. The van der Waals surface area contributed by atoms with Crippen molar-refractivity contribution in [2.45, 2.75) is 33.7 Å². The number of aldehydes is 1. The molecule has 18 heavy (non-hydrogen) atoms. The topological polar surface area (TPSA) is 52.7 Å². The van der Waals surface area contributed by atoms with Crippen LogP contribution in [0.3, 0.4) is 0 Å². The molecule has 2 heterocycles. The van der Waals surface area contributed by atoms with E-state index in [1.54, 1.807) is 6.20 Å². The fourth-order valence-electron chi connectivity index (χ4n) is 2.18. The summed E-state index contributed by atoms with van der Waals surface area (Å²) < 4.78 is 3.64. The molecule has 0 atom stereocenters. The molecule has 0 unspecified atom stereocenters. The average molecular weight is 246 g/mol. The molecule has 0 N–H and O–H groups in total. The van der Waals surface area contributed by atoms with Crippen LogP contribution in [0.25, 0.3) is 11.3 Å². The number of nitrogens with zero attached hydrogens (tertiary/aromatic N) is 4. The lowest BCUT2D eigenvalue weighted by molar-refractivity contribution is 0.112. The Morgan fingerprint density at radius 2 is 2.06 bits per heavy atom. The van der Waals surface area contributed by atoms with Crippen LogP contribution in [0, 0.1) is 13.8 Å². The lowest BCUT2D eigenvalue weighted by Crippen LogP contribution is -1.97. The third-order valence-electron chi connectivity index (χ3n) is 3.12. The first-order valence-electron chi connectivity index (χ1n) is 6.11. The number of carbonyl (C=O) groups is 1. The van der Waals surface area contributed by atoms with Crippen LogP contribution in [-0.2, 0) is 13.6 Å². The summed E-state index contributed by atoms with van der Waals surface area (Å²) in [4.78, 5) is 11.2. The summed E-state index contributed by atoms with van der Waals surface area (Å²) in [6, 6.07) is 0. The van der Waals surface area contributed by atoms with E-state index in [1.807, 2.05) is 30.3 Å². The molecule has 2 rings (SSSR count). The summed E-state index contributed by atoms with van der Waals surface area (Å²) in [6.07, 6.45) is 3.66. The van der Waals surface area contributed by atoms with Crippen molar-refractivity contribution in [2.24, 2.45) is 7.05 Å². The van der Waals surface area contributed by atoms with Gasteiger partial charge in [-0.05, 0) is 20.3 Å². The maximum absolute atomic E-state index is 11.2. The van der Waals surface area contributed by atoms with Gasteiger partial charge in [0.15, 0.2) is 6.29 Å². The average Bonchev–Trinajstić information content (AvgIpc) is 2.82. The Morgan fingerprint density at radius 1 is 1.33 bits per heavy atom. The number of aromatic nitrogens is 4. The summed E-state index contributed by atoms with van der Waals surface area (Å²) in [5, 5.41) is 8.88. The van der Waals surface area contributed by atoms with Gasteiger partial charge in [-0.1, -0.05) is 6.92 Å². The minimum absolute atomic E-state index is 0.627. The summed E-state index contributed by atoms with van der Waals surface area (Å²) in [5.74, 6) is 0. The number of hydrogen-bond acceptors (Lipinski definition) is 3. The number of aryl methyl sites for hydroxylation is 3. The third-order valence-corrected chi connectivity index (χ3v) is 3.12. The second-order valence-corrected chi connectivity index (χ2v) is 4.48. The zero-order valence-electron chi connectivity index (χ0n) is 11.3. The van der Waals surface area contributed by atoms with Crippen molar-refractivity contribution >= 4 is 6.29 Å². The lowest BCUT2D eigenvalue weighted by atomic mass is 10.1. The van der Waals surface area contributed by atoms with Gasteiger partial charge < -0.3 is 0 Å². The van der Waals surface area contributed by atoms with Crippen LogP contribution in [0.5, 0.6) is 0 Å². The number of rotatable bonds is 4. The van der Waals surface area contributed by atoms with Gasteiger partial charge in [-0.15, -0.1) is 0 Å². The standard InChI is InChI=1S/C13H18N4O/c1-5-6-17-7-11(8-18)13(15-17)12-9(2)14-16(4)10(12)3/h7-8H,5-6H2,1-4H3. The van der Waals surface area contributed by atoms with Crippen LogP contribution < -0.4 is 0 Å². The van der Waals surface area contributed by atoms with Gasteiger partial charge in [-0.2, -0.15) is 10.2 Å². The Bertz CT molecular complexity index is 580. The Labute approximate surface area is 106 Å². The largest absolute Gasteiger partial charge is 0.298 e. The first kappa shape index (κ1) is 12.5. The Hall–Kier alpha value is -1.91. The van der Waals surface area contributed by atoms with E-state index in [9.17, 15) is 4.79 Å². The Kier molecular flexibility index (Phi) is 3.32. The van der Waals surface area contributed by atoms with Crippen molar-refractivity contribution in [3.8, 4) is 11.3 Å². The molecule has 0 spiro atoms. The van der Waals surface area contributed by atoms with E-state index in [1.165, 1.54) is 0 Å². The zero-order valence-corrected chi connectivity index (χ0v) is 11.3. The first-order valence-corrected chi connectivity index (χ1v) is 6.11. The molecule has 0 fully saturated rings. The molecular formula is C13H18N4O. The highest BCUT2D eigenvalue weighted by Crippen LogP contribution is 2.27. The molecule has 0 saturated heterocycles. The second kappa shape index (κ2) is 4.76. The van der Waals surface area contributed by atoms with Crippen molar-refractivity contribution < 1.29 is 4.79 Å². The second-order valence-electron chi connectivity index (χ2n) is 4.48. The molecule has 5 nitrogen and oxygen atoms in total. The van der Waals surface area contributed by atoms with Gasteiger partial charge in [-0.3, -0.25) is 14.2 Å². The van der Waals surface area contributed by atoms with Crippen molar-refractivity contribution in [3.63, 3.8) is 0 Å². The van der Waals surface area contributed by atoms with Gasteiger partial charge in [0.05, 0.1) is 11.3 Å². The molecule has 0 aliphatic rings. The summed E-state index contributed by atoms with van der Waals surface area (Å²) in [5.41, 5.74) is 4.26. The normalized spacial score (nSPS) is 10.9. The summed E-state index contributed by atoms with van der Waals surface area (Å²) in [6.45, 7) is 6.83. The fourth-order valence-corrected chi connectivity index (χ4v) is 2.18. The molecule has 0 aromatic carbocycles. The summed E-state index contributed by atoms with van der Waals surface area (Å²) >= 11 is 0.